The van der Waals surface area contributed by atoms with Gasteiger partial charge in [-0.05, 0) is 50.3 Å². The fraction of sp³-hybridized carbons (Fsp3) is 0.417. The summed E-state index contributed by atoms with van der Waals surface area (Å²) in [7, 11) is 0. The zero-order chi connectivity index (χ0) is 21.8. The number of carbonyl (C=O) groups excluding carboxylic acids is 1. The molecule has 1 fully saturated rings. The third kappa shape index (κ3) is 4.81. The topological polar surface area (TPSA) is 72.1 Å². The number of aryl methyl sites for hydroxylation is 2. The Labute approximate surface area is 181 Å². The Morgan fingerprint density at radius 2 is 2.16 bits per heavy atom. The molecule has 1 saturated heterocycles. The number of aromatic nitrogens is 3. The molecule has 0 saturated carbocycles. The van der Waals surface area contributed by atoms with Gasteiger partial charge in [0.05, 0.1) is 29.4 Å². The second-order valence-corrected chi connectivity index (χ2v) is 8.07. The molecule has 1 atom stereocenters. The van der Waals surface area contributed by atoms with Gasteiger partial charge in [-0.3, -0.25) is 4.79 Å². The van der Waals surface area contributed by atoms with Crippen LogP contribution in [0.3, 0.4) is 0 Å². The van der Waals surface area contributed by atoms with Gasteiger partial charge in [0.15, 0.2) is 5.76 Å². The lowest BCUT2D eigenvalue weighted by Crippen LogP contribution is -2.40. The first kappa shape index (κ1) is 21.2. The maximum absolute atomic E-state index is 13.6. The molecular formula is C24H27FN4O2. The van der Waals surface area contributed by atoms with Crippen molar-refractivity contribution in [3.63, 3.8) is 0 Å². The van der Waals surface area contributed by atoms with Crippen molar-refractivity contribution in [2.45, 2.75) is 58.4 Å². The zero-order valence-electron chi connectivity index (χ0n) is 18.0. The molecule has 6 nitrogen and oxygen atoms in total. The van der Waals surface area contributed by atoms with E-state index in [-0.39, 0.29) is 24.2 Å². The Hall–Kier alpha value is -3.09. The van der Waals surface area contributed by atoms with Crippen LogP contribution in [0.25, 0.3) is 11.3 Å². The Kier molecular flexibility index (Phi) is 6.39. The molecule has 1 aliphatic heterocycles. The number of amides is 1. The summed E-state index contributed by atoms with van der Waals surface area (Å²) in [6.07, 6.45) is 6.43. The van der Waals surface area contributed by atoms with E-state index in [1.54, 1.807) is 18.3 Å². The van der Waals surface area contributed by atoms with Crippen molar-refractivity contribution in [1.29, 1.82) is 0 Å². The van der Waals surface area contributed by atoms with Crippen LogP contribution in [-0.4, -0.2) is 32.5 Å². The van der Waals surface area contributed by atoms with Gasteiger partial charge in [-0.25, -0.2) is 14.4 Å². The minimum atomic E-state index is -0.330. The average molecular weight is 423 g/mol. The molecule has 0 N–H and O–H groups in total. The average Bonchev–Trinajstić information content (AvgIpc) is 3.20. The van der Waals surface area contributed by atoms with Gasteiger partial charge in [-0.2, -0.15) is 0 Å². The highest BCUT2D eigenvalue weighted by molar-refractivity contribution is 5.79. The molecule has 0 radical (unpaired) electrons. The third-order valence-electron chi connectivity index (χ3n) is 5.62. The fourth-order valence-electron chi connectivity index (χ4n) is 4.15. The van der Waals surface area contributed by atoms with Crippen LogP contribution in [0, 0.1) is 12.7 Å². The molecule has 4 rings (SSSR count). The van der Waals surface area contributed by atoms with Gasteiger partial charge in [-0.1, -0.05) is 24.2 Å². The quantitative estimate of drug-likeness (QED) is 0.569. The van der Waals surface area contributed by atoms with Crippen LogP contribution in [-0.2, 0) is 17.6 Å². The van der Waals surface area contributed by atoms with Crippen molar-refractivity contribution < 1.29 is 13.7 Å². The summed E-state index contributed by atoms with van der Waals surface area (Å²) < 4.78 is 19.1. The lowest BCUT2D eigenvalue weighted by molar-refractivity contribution is -0.134. The normalized spacial score (nSPS) is 16.5. The predicted octanol–water partition coefficient (Wildman–Crippen LogP) is 4.83. The SMILES string of the molecule is CCCc1ncc(-c2cc(C)no2)c([C@H]2CCCCN2C(=O)Cc2cccc(F)c2)n1. The Morgan fingerprint density at radius 1 is 1.29 bits per heavy atom. The van der Waals surface area contributed by atoms with E-state index in [9.17, 15) is 9.18 Å². The molecule has 7 heteroatoms. The van der Waals surface area contributed by atoms with Crippen LogP contribution in [0.1, 0.15) is 61.4 Å². The number of likely N-dealkylation sites (tertiary alicyclic amines) is 1. The van der Waals surface area contributed by atoms with E-state index in [0.29, 0.717) is 17.9 Å². The molecule has 0 unspecified atom stereocenters. The number of carbonyl (C=O) groups is 1. The van der Waals surface area contributed by atoms with E-state index in [0.717, 1.165) is 54.9 Å². The van der Waals surface area contributed by atoms with Gasteiger partial charge in [-0.15, -0.1) is 0 Å². The van der Waals surface area contributed by atoms with Crippen molar-refractivity contribution in [3.05, 3.63) is 65.1 Å². The van der Waals surface area contributed by atoms with Gasteiger partial charge in [0.1, 0.15) is 11.6 Å². The summed E-state index contributed by atoms with van der Waals surface area (Å²) in [4.78, 5) is 24.5. The predicted molar refractivity (Wildman–Crippen MR) is 115 cm³/mol. The van der Waals surface area contributed by atoms with Gasteiger partial charge < -0.3 is 9.42 Å². The van der Waals surface area contributed by atoms with Crippen LogP contribution < -0.4 is 0 Å². The van der Waals surface area contributed by atoms with Crippen molar-refractivity contribution in [2.75, 3.05) is 6.54 Å². The molecular weight excluding hydrogens is 395 g/mol. The molecule has 1 aliphatic rings. The molecule has 0 aliphatic carbocycles. The molecule has 31 heavy (non-hydrogen) atoms. The van der Waals surface area contributed by atoms with Gasteiger partial charge in [0, 0.05) is 25.2 Å². The Morgan fingerprint density at radius 3 is 2.90 bits per heavy atom. The highest BCUT2D eigenvalue weighted by Gasteiger charge is 2.32. The fourth-order valence-corrected chi connectivity index (χ4v) is 4.15. The highest BCUT2D eigenvalue weighted by atomic mass is 19.1. The maximum Gasteiger partial charge on any atom is 0.227 e. The van der Waals surface area contributed by atoms with Crippen LogP contribution >= 0.6 is 0 Å². The number of hydrogen-bond donors (Lipinski definition) is 0. The number of nitrogens with zero attached hydrogens (tertiary/aromatic N) is 4. The lowest BCUT2D eigenvalue weighted by Gasteiger charge is -2.36. The minimum Gasteiger partial charge on any atom is -0.356 e. The molecule has 3 heterocycles. The Bertz CT molecular complexity index is 1070. The van der Waals surface area contributed by atoms with E-state index in [4.69, 9.17) is 9.51 Å². The first-order valence-electron chi connectivity index (χ1n) is 10.9. The second-order valence-electron chi connectivity index (χ2n) is 8.07. The van der Waals surface area contributed by atoms with Crippen molar-refractivity contribution in [3.8, 4) is 11.3 Å². The van der Waals surface area contributed by atoms with Crippen molar-refractivity contribution >= 4 is 5.91 Å². The number of rotatable bonds is 6. The van der Waals surface area contributed by atoms with Crippen LogP contribution in [0.15, 0.2) is 41.1 Å². The van der Waals surface area contributed by atoms with Gasteiger partial charge in [0.25, 0.3) is 0 Å². The molecule has 1 amide bonds. The number of benzene rings is 1. The molecule has 2 aromatic heterocycles. The second kappa shape index (κ2) is 9.37. The van der Waals surface area contributed by atoms with Crippen LogP contribution in [0.4, 0.5) is 4.39 Å². The van der Waals surface area contributed by atoms with E-state index in [2.05, 4.69) is 17.1 Å². The summed E-state index contributed by atoms with van der Waals surface area (Å²) in [5.41, 5.74) is 3.04. The van der Waals surface area contributed by atoms with E-state index >= 15 is 0 Å². The van der Waals surface area contributed by atoms with E-state index < -0.39 is 0 Å². The van der Waals surface area contributed by atoms with E-state index in [1.807, 2.05) is 17.9 Å². The lowest BCUT2D eigenvalue weighted by atomic mass is 9.94. The summed E-state index contributed by atoms with van der Waals surface area (Å²) >= 11 is 0. The molecule has 0 bridgehead atoms. The van der Waals surface area contributed by atoms with Crippen LogP contribution in [0.5, 0.6) is 0 Å². The Balaban J connectivity index is 1.69. The first-order valence-corrected chi connectivity index (χ1v) is 10.9. The number of piperidine rings is 1. The first-order chi connectivity index (χ1) is 15.0. The van der Waals surface area contributed by atoms with Gasteiger partial charge >= 0.3 is 0 Å². The van der Waals surface area contributed by atoms with Crippen LogP contribution in [0.2, 0.25) is 0 Å². The third-order valence-corrected chi connectivity index (χ3v) is 5.62. The van der Waals surface area contributed by atoms with Gasteiger partial charge in [0.2, 0.25) is 5.91 Å². The maximum atomic E-state index is 13.6. The highest BCUT2D eigenvalue weighted by Crippen LogP contribution is 2.36. The van der Waals surface area contributed by atoms with Crippen molar-refractivity contribution in [2.24, 2.45) is 0 Å². The zero-order valence-corrected chi connectivity index (χ0v) is 18.0. The minimum absolute atomic E-state index is 0.0225. The summed E-state index contributed by atoms with van der Waals surface area (Å²) in [5, 5.41) is 4.01. The smallest absolute Gasteiger partial charge is 0.227 e. The number of halogens is 1. The standard InChI is InChI=1S/C24H27FN4O2/c1-3-7-22-26-15-19(21-12-16(2)28-31-21)24(27-22)20-10-4-5-11-29(20)23(30)14-17-8-6-9-18(25)13-17/h6,8-9,12-13,15,20H,3-5,7,10-11,14H2,1-2H3/t20-/m1/s1. The molecule has 162 valence electrons. The largest absolute Gasteiger partial charge is 0.356 e. The summed E-state index contributed by atoms with van der Waals surface area (Å²) in [5.74, 6) is 1.02. The molecule has 0 spiro atoms. The molecule has 3 aromatic rings. The summed E-state index contributed by atoms with van der Waals surface area (Å²) in [6, 6.07) is 7.92. The summed E-state index contributed by atoms with van der Waals surface area (Å²) in [6.45, 7) is 4.61. The van der Waals surface area contributed by atoms with Crippen molar-refractivity contribution in [1.82, 2.24) is 20.0 Å². The monoisotopic (exact) mass is 422 g/mol. The molecule has 1 aromatic carbocycles. The van der Waals surface area contributed by atoms with E-state index in [1.165, 1.54) is 12.1 Å². The number of hydrogen-bond acceptors (Lipinski definition) is 5.